The molecule has 0 saturated heterocycles. The molecule has 0 saturated carbocycles. The summed E-state index contributed by atoms with van der Waals surface area (Å²) in [5.41, 5.74) is 6.55. The van der Waals surface area contributed by atoms with Crippen molar-refractivity contribution >= 4 is 11.5 Å². The second-order valence-electron chi connectivity index (χ2n) is 4.50. The van der Waals surface area contributed by atoms with Crippen LogP contribution in [0.5, 0.6) is 5.75 Å². The Labute approximate surface area is 133 Å². The lowest BCUT2D eigenvalue weighted by atomic mass is 10.2. The number of nitro groups is 1. The third-order valence-corrected chi connectivity index (χ3v) is 2.85. The van der Waals surface area contributed by atoms with Gasteiger partial charge in [0.2, 0.25) is 0 Å². The van der Waals surface area contributed by atoms with E-state index in [0.29, 0.717) is 30.1 Å². The van der Waals surface area contributed by atoms with Crippen LogP contribution >= 0.6 is 0 Å². The Bertz CT molecular complexity index is 765. The molecule has 118 valence electrons. The molecule has 1 aromatic heterocycles. The van der Waals surface area contributed by atoms with Crippen LogP contribution in [0.3, 0.4) is 0 Å². The largest absolute Gasteiger partial charge is 0.491 e. The predicted molar refractivity (Wildman–Crippen MR) is 85.1 cm³/mol. The summed E-state index contributed by atoms with van der Waals surface area (Å²) in [6.07, 6.45) is 1.10. The van der Waals surface area contributed by atoms with Gasteiger partial charge in [-0.15, -0.1) is 0 Å². The second kappa shape index (κ2) is 7.77. The van der Waals surface area contributed by atoms with Crippen LogP contribution in [0, 0.1) is 22.0 Å². The van der Waals surface area contributed by atoms with Crippen LogP contribution in [-0.4, -0.2) is 30.2 Å². The van der Waals surface area contributed by atoms with Gasteiger partial charge in [-0.05, 0) is 18.2 Å². The number of rotatable bonds is 5. The lowest BCUT2D eigenvalue weighted by Crippen LogP contribution is -2.04. The number of pyridine rings is 1. The van der Waals surface area contributed by atoms with Gasteiger partial charge in [0.25, 0.3) is 5.69 Å². The number of nitrogen functional groups attached to an aromatic ring is 1. The highest BCUT2D eigenvalue weighted by Gasteiger charge is 2.08. The minimum Gasteiger partial charge on any atom is -0.491 e. The third-order valence-electron chi connectivity index (χ3n) is 2.85. The maximum atomic E-state index is 10.8. The smallest absolute Gasteiger partial charge is 0.288 e. The summed E-state index contributed by atoms with van der Waals surface area (Å²) in [5.74, 6) is 6.51. The van der Waals surface area contributed by atoms with Crippen molar-refractivity contribution in [1.29, 1.82) is 0 Å². The molecule has 2 rings (SSSR count). The molecular formula is C16H15N3O4. The molecule has 2 aromatic rings. The van der Waals surface area contributed by atoms with Crippen molar-refractivity contribution in [2.24, 2.45) is 0 Å². The SMILES string of the molecule is COCCOc1cccc(C#Cc2cc([N+](=O)[O-])cnc2N)c1. The Hall–Kier alpha value is -3.11. The van der Waals surface area contributed by atoms with Gasteiger partial charge in [0.05, 0.1) is 17.1 Å². The maximum absolute atomic E-state index is 10.8. The first-order valence-electron chi connectivity index (χ1n) is 6.74. The minimum absolute atomic E-state index is 0.149. The van der Waals surface area contributed by atoms with E-state index in [4.69, 9.17) is 15.2 Å². The van der Waals surface area contributed by atoms with E-state index in [-0.39, 0.29) is 11.5 Å². The molecule has 0 amide bonds. The molecule has 0 aliphatic heterocycles. The molecule has 0 radical (unpaired) electrons. The molecule has 0 unspecified atom stereocenters. The van der Waals surface area contributed by atoms with Crippen molar-refractivity contribution in [2.45, 2.75) is 0 Å². The summed E-state index contributed by atoms with van der Waals surface area (Å²) >= 11 is 0. The summed E-state index contributed by atoms with van der Waals surface area (Å²) in [5, 5.41) is 10.8. The number of aromatic nitrogens is 1. The Morgan fingerprint density at radius 1 is 1.30 bits per heavy atom. The maximum Gasteiger partial charge on any atom is 0.288 e. The van der Waals surface area contributed by atoms with Crippen molar-refractivity contribution in [3.8, 4) is 17.6 Å². The van der Waals surface area contributed by atoms with Crippen molar-refractivity contribution in [3.63, 3.8) is 0 Å². The molecular weight excluding hydrogens is 298 g/mol. The average molecular weight is 313 g/mol. The van der Waals surface area contributed by atoms with Crippen LogP contribution in [-0.2, 0) is 4.74 Å². The van der Waals surface area contributed by atoms with Gasteiger partial charge in [-0.1, -0.05) is 17.9 Å². The van der Waals surface area contributed by atoms with E-state index in [1.807, 2.05) is 6.07 Å². The number of nitrogens with zero attached hydrogens (tertiary/aromatic N) is 2. The van der Waals surface area contributed by atoms with E-state index in [1.54, 1.807) is 25.3 Å². The van der Waals surface area contributed by atoms with Gasteiger partial charge in [0.1, 0.15) is 24.4 Å². The van der Waals surface area contributed by atoms with Gasteiger partial charge < -0.3 is 15.2 Å². The highest BCUT2D eigenvalue weighted by molar-refractivity contribution is 5.56. The monoisotopic (exact) mass is 313 g/mol. The van der Waals surface area contributed by atoms with E-state index >= 15 is 0 Å². The fraction of sp³-hybridized carbons (Fsp3) is 0.188. The van der Waals surface area contributed by atoms with E-state index < -0.39 is 4.92 Å². The van der Waals surface area contributed by atoms with Gasteiger partial charge in [-0.3, -0.25) is 10.1 Å². The van der Waals surface area contributed by atoms with Crippen molar-refractivity contribution in [1.82, 2.24) is 4.98 Å². The van der Waals surface area contributed by atoms with Crippen molar-refractivity contribution in [2.75, 3.05) is 26.1 Å². The van der Waals surface area contributed by atoms with Crippen molar-refractivity contribution in [3.05, 3.63) is 57.8 Å². The molecule has 7 heteroatoms. The Morgan fingerprint density at radius 2 is 2.13 bits per heavy atom. The lowest BCUT2D eigenvalue weighted by molar-refractivity contribution is -0.385. The fourth-order valence-corrected chi connectivity index (χ4v) is 1.71. The summed E-state index contributed by atoms with van der Waals surface area (Å²) in [7, 11) is 1.60. The third kappa shape index (κ3) is 4.69. The van der Waals surface area contributed by atoms with Gasteiger partial charge >= 0.3 is 0 Å². The van der Waals surface area contributed by atoms with E-state index in [9.17, 15) is 10.1 Å². The van der Waals surface area contributed by atoms with Gasteiger partial charge in [0.15, 0.2) is 0 Å². The number of hydrogen-bond donors (Lipinski definition) is 1. The molecule has 0 bridgehead atoms. The van der Waals surface area contributed by atoms with Crippen LogP contribution in [0.1, 0.15) is 11.1 Å². The van der Waals surface area contributed by atoms with Crippen LogP contribution in [0.4, 0.5) is 11.5 Å². The topological polar surface area (TPSA) is 101 Å². The molecule has 1 heterocycles. The van der Waals surface area contributed by atoms with Crippen LogP contribution in [0.15, 0.2) is 36.5 Å². The zero-order valence-corrected chi connectivity index (χ0v) is 12.5. The van der Waals surface area contributed by atoms with Gasteiger partial charge in [0, 0.05) is 18.7 Å². The first-order valence-corrected chi connectivity index (χ1v) is 6.74. The number of methoxy groups -OCH3 is 1. The summed E-state index contributed by atoms with van der Waals surface area (Å²) in [6, 6.07) is 8.49. The molecule has 0 aliphatic carbocycles. The van der Waals surface area contributed by atoms with E-state index in [1.165, 1.54) is 6.07 Å². The zero-order chi connectivity index (χ0) is 16.7. The van der Waals surface area contributed by atoms with Gasteiger partial charge in [-0.2, -0.15) is 0 Å². The molecule has 1 aromatic carbocycles. The van der Waals surface area contributed by atoms with Crippen LogP contribution in [0.2, 0.25) is 0 Å². The van der Waals surface area contributed by atoms with E-state index in [2.05, 4.69) is 16.8 Å². The number of benzene rings is 1. The highest BCUT2D eigenvalue weighted by Crippen LogP contribution is 2.16. The Kier molecular flexibility index (Phi) is 5.50. The molecule has 0 fully saturated rings. The number of anilines is 1. The predicted octanol–water partition coefficient (Wildman–Crippen LogP) is 2.00. The molecule has 7 nitrogen and oxygen atoms in total. The Morgan fingerprint density at radius 3 is 2.87 bits per heavy atom. The summed E-state index contributed by atoms with van der Waals surface area (Å²) in [6.45, 7) is 0.931. The summed E-state index contributed by atoms with van der Waals surface area (Å²) in [4.78, 5) is 14.0. The summed E-state index contributed by atoms with van der Waals surface area (Å²) < 4.78 is 10.4. The minimum atomic E-state index is -0.540. The number of hydrogen-bond acceptors (Lipinski definition) is 6. The molecule has 0 spiro atoms. The Balaban J connectivity index is 2.20. The fourth-order valence-electron chi connectivity index (χ4n) is 1.71. The molecule has 23 heavy (non-hydrogen) atoms. The standard InChI is InChI=1S/C16H15N3O4/c1-22-7-8-23-15-4-2-3-12(9-15)5-6-13-10-14(19(20)21)11-18-16(13)17/h2-4,9-11H,7-8H2,1H3,(H2,17,18). The first-order chi connectivity index (χ1) is 11.1. The average Bonchev–Trinajstić information content (AvgIpc) is 2.54. The van der Waals surface area contributed by atoms with Crippen LogP contribution < -0.4 is 10.5 Å². The van der Waals surface area contributed by atoms with Crippen LogP contribution in [0.25, 0.3) is 0 Å². The quantitative estimate of drug-likeness (QED) is 0.392. The highest BCUT2D eigenvalue weighted by atomic mass is 16.6. The molecule has 0 aliphatic rings. The molecule has 0 atom stereocenters. The lowest BCUT2D eigenvalue weighted by Gasteiger charge is -2.05. The van der Waals surface area contributed by atoms with Crippen molar-refractivity contribution < 1.29 is 14.4 Å². The normalized spacial score (nSPS) is 9.78. The first kappa shape index (κ1) is 16.3. The van der Waals surface area contributed by atoms with Gasteiger partial charge in [-0.25, -0.2) is 4.98 Å². The zero-order valence-electron chi connectivity index (χ0n) is 12.5. The second-order valence-corrected chi connectivity index (χ2v) is 4.50. The molecule has 2 N–H and O–H groups in total. The number of nitrogens with two attached hydrogens (primary N) is 1. The number of ether oxygens (including phenoxy) is 2. The van der Waals surface area contributed by atoms with E-state index in [0.717, 1.165) is 6.20 Å².